The minimum absolute atomic E-state index is 0.143. The molecule has 1 aliphatic rings. The predicted molar refractivity (Wildman–Crippen MR) is 65.9 cm³/mol. The molecule has 1 amide bonds. The van der Waals surface area contributed by atoms with Gasteiger partial charge in [-0.1, -0.05) is 12.1 Å². The van der Waals surface area contributed by atoms with Crippen molar-refractivity contribution in [2.75, 3.05) is 11.9 Å². The van der Waals surface area contributed by atoms with Gasteiger partial charge < -0.3 is 10.6 Å². The van der Waals surface area contributed by atoms with E-state index in [1.807, 2.05) is 0 Å². The van der Waals surface area contributed by atoms with Crippen LogP contribution < -0.4 is 10.6 Å². The lowest BCUT2D eigenvalue weighted by Crippen LogP contribution is -2.35. The molecule has 2 N–H and O–H groups in total. The number of carbonyl (C=O) groups excluding carboxylic acids is 1. The van der Waals surface area contributed by atoms with Gasteiger partial charge in [0.25, 0.3) is 0 Å². The van der Waals surface area contributed by atoms with Gasteiger partial charge in [-0.2, -0.15) is 13.2 Å². The normalized spacial score (nSPS) is 19.4. The summed E-state index contributed by atoms with van der Waals surface area (Å²) in [5, 5.41) is 5.68. The summed E-state index contributed by atoms with van der Waals surface area (Å²) in [6.45, 7) is 0.798. The van der Waals surface area contributed by atoms with E-state index in [0.717, 1.165) is 19.4 Å². The number of nitrogens with one attached hydrogen (secondary N) is 2. The Hall–Kier alpha value is -1.56. The highest BCUT2D eigenvalue weighted by Gasteiger charge is 2.28. The standard InChI is InChI=1S/C13H15F3N2O/c14-13(15,16)8-9-3-1-4-10(7-9)18-12(19)11-5-2-6-17-11/h1,3-4,7,11,17H,2,5-6,8H2,(H,18,19). The fourth-order valence-corrected chi connectivity index (χ4v) is 2.13. The van der Waals surface area contributed by atoms with E-state index >= 15 is 0 Å². The number of hydrogen-bond acceptors (Lipinski definition) is 2. The van der Waals surface area contributed by atoms with Crippen LogP contribution in [0.3, 0.4) is 0 Å². The van der Waals surface area contributed by atoms with Crippen molar-refractivity contribution in [1.82, 2.24) is 5.32 Å². The number of halogens is 3. The van der Waals surface area contributed by atoms with Crippen LogP contribution in [0.5, 0.6) is 0 Å². The molecule has 104 valence electrons. The Balaban J connectivity index is 2.00. The minimum atomic E-state index is -4.24. The van der Waals surface area contributed by atoms with Crippen LogP contribution in [-0.2, 0) is 11.2 Å². The second-order valence-electron chi connectivity index (χ2n) is 4.63. The Morgan fingerprint density at radius 3 is 2.84 bits per heavy atom. The van der Waals surface area contributed by atoms with Crippen molar-refractivity contribution in [3.63, 3.8) is 0 Å². The number of amides is 1. The highest BCUT2D eigenvalue weighted by molar-refractivity contribution is 5.95. The summed E-state index contributed by atoms with van der Waals surface area (Å²) >= 11 is 0. The van der Waals surface area contributed by atoms with Crippen LogP contribution in [0.4, 0.5) is 18.9 Å². The second-order valence-corrected chi connectivity index (χ2v) is 4.63. The molecule has 1 unspecified atom stereocenters. The fourth-order valence-electron chi connectivity index (χ4n) is 2.13. The summed E-state index contributed by atoms with van der Waals surface area (Å²) in [5.41, 5.74) is 0.546. The Labute approximate surface area is 109 Å². The van der Waals surface area contributed by atoms with Crippen LogP contribution >= 0.6 is 0 Å². The number of anilines is 1. The first-order chi connectivity index (χ1) is 8.94. The molecule has 19 heavy (non-hydrogen) atoms. The van der Waals surface area contributed by atoms with Crippen LogP contribution in [0.2, 0.25) is 0 Å². The maximum Gasteiger partial charge on any atom is 0.393 e. The van der Waals surface area contributed by atoms with Gasteiger partial charge in [0.1, 0.15) is 0 Å². The van der Waals surface area contributed by atoms with E-state index in [9.17, 15) is 18.0 Å². The van der Waals surface area contributed by atoms with Crippen LogP contribution in [0, 0.1) is 0 Å². The van der Waals surface area contributed by atoms with E-state index in [4.69, 9.17) is 0 Å². The Morgan fingerprint density at radius 2 is 2.21 bits per heavy atom. The van der Waals surface area contributed by atoms with Crippen LogP contribution in [-0.4, -0.2) is 24.7 Å². The van der Waals surface area contributed by atoms with Crippen molar-refractivity contribution in [2.24, 2.45) is 0 Å². The largest absolute Gasteiger partial charge is 0.393 e. The van der Waals surface area contributed by atoms with Gasteiger partial charge in [-0.3, -0.25) is 4.79 Å². The molecule has 3 nitrogen and oxygen atoms in total. The molecule has 1 heterocycles. The minimum Gasteiger partial charge on any atom is -0.325 e. The Bertz CT molecular complexity index is 453. The second kappa shape index (κ2) is 5.61. The summed E-state index contributed by atoms with van der Waals surface area (Å²) in [7, 11) is 0. The maximum absolute atomic E-state index is 12.3. The monoisotopic (exact) mass is 272 g/mol. The molecule has 1 aromatic rings. The third kappa shape index (κ3) is 4.24. The zero-order chi connectivity index (χ0) is 13.9. The number of hydrogen-bond donors (Lipinski definition) is 2. The first-order valence-electron chi connectivity index (χ1n) is 6.14. The van der Waals surface area contributed by atoms with Gasteiger partial charge >= 0.3 is 6.18 Å². The summed E-state index contributed by atoms with van der Waals surface area (Å²) < 4.78 is 36.9. The first kappa shape index (κ1) is 13.9. The highest BCUT2D eigenvalue weighted by Crippen LogP contribution is 2.23. The van der Waals surface area contributed by atoms with Crippen molar-refractivity contribution >= 4 is 11.6 Å². The molecule has 1 aromatic carbocycles. The summed E-state index contributed by atoms with van der Waals surface area (Å²) in [5.74, 6) is -0.193. The summed E-state index contributed by atoms with van der Waals surface area (Å²) in [6.07, 6.45) is -3.53. The number of carbonyl (C=O) groups is 1. The number of rotatable bonds is 3. The summed E-state index contributed by atoms with van der Waals surface area (Å²) in [4.78, 5) is 11.8. The predicted octanol–water partition coefficient (Wildman–Crippen LogP) is 2.48. The van der Waals surface area contributed by atoms with Crippen molar-refractivity contribution in [1.29, 1.82) is 0 Å². The Morgan fingerprint density at radius 1 is 1.42 bits per heavy atom. The van der Waals surface area contributed by atoms with E-state index < -0.39 is 12.6 Å². The average Bonchev–Trinajstić information content (AvgIpc) is 2.80. The van der Waals surface area contributed by atoms with Gasteiger partial charge in [0.05, 0.1) is 12.5 Å². The molecular weight excluding hydrogens is 257 g/mol. The van der Waals surface area contributed by atoms with E-state index in [1.165, 1.54) is 18.2 Å². The topological polar surface area (TPSA) is 41.1 Å². The number of alkyl halides is 3. The van der Waals surface area contributed by atoms with Crippen molar-refractivity contribution in [2.45, 2.75) is 31.5 Å². The van der Waals surface area contributed by atoms with E-state index in [-0.39, 0.29) is 17.5 Å². The van der Waals surface area contributed by atoms with Gasteiger partial charge in [0.15, 0.2) is 0 Å². The zero-order valence-corrected chi connectivity index (χ0v) is 10.3. The lowest BCUT2D eigenvalue weighted by Gasteiger charge is -2.12. The number of benzene rings is 1. The molecule has 0 saturated carbocycles. The molecule has 1 fully saturated rings. The fraction of sp³-hybridized carbons (Fsp3) is 0.462. The molecule has 0 spiro atoms. The van der Waals surface area contributed by atoms with Gasteiger partial charge in [0, 0.05) is 5.69 Å². The molecule has 1 saturated heterocycles. The van der Waals surface area contributed by atoms with Gasteiger partial charge in [-0.15, -0.1) is 0 Å². The lowest BCUT2D eigenvalue weighted by molar-refractivity contribution is -0.127. The molecular formula is C13H15F3N2O. The first-order valence-corrected chi connectivity index (χ1v) is 6.14. The van der Waals surface area contributed by atoms with Gasteiger partial charge in [-0.05, 0) is 37.1 Å². The zero-order valence-electron chi connectivity index (χ0n) is 10.3. The molecule has 6 heteroatoms. The van der Waals surface area contributed by atoms with E-state index in [0.29, 0.717) is 5.69 Å². The van der Waals surface area contributed by atoms with Crippen molar-refractivity contribution in [3.8, 4) is 0 Å². The maximum atomic E-state index is 12.3. The molecule has 0 bridgehead atoms. The summed E-state index contributed by atoms with van der Waals surface area (Å²) in [6, 6.07) is 5.62. The van der Waals surface area contributed by atoms with Crippen LogP contribution in [0.15, 0.2) is 24.3 Å². The lowest BCUT2D eigenvalue weighted by atomic mass is 10.1. The third-order valence-corrected chi connectivity index (χ3v) is 2.98. The average molecular weight is 272 g/mol. The Kier molecular flexibility index (Phi) is 4.09. The van der Waals surface area contributed by atoms with Crippen molar-refractivity contribution in [3.05, 3.63) is 29.8 Å². The molecule has 2 rings (SSSR count). The molecule has 0 aliphatic carbocycles. The third-order valence-electron chi connectivity index (χ3n) is 2.98. The SMILES string of the molecule is O=C(Nc1cccc(CC(F)(F)F)c1)C1CCCN1. The highest BCUT2D eigenvalue weighted by atomic mass is 19.4. The van der Waals surface area contributed by atoms with Gasteiger partial charge in [-0.25, -0.2) is 0 Å². The molecule has 1 atom stereocenters. The van der Waals surface area contributed by atoms with Gasteiger partial charge in [0.2, 0.25) is 5.91 Å². The molecule has 0 radical (unpaired) electrons. The molecule has 0 aromatic heterocycles. The quantitative estimate of drug-likeness (QED) is 0.887. The van der Waals surface area contributed by atoms with Crippen molar-refractivity contribution < 1.29 is 18.0 Å². The van der Waals surface area contributed by atoms with E-state index in [1.54, 1.807) is 6.07 Å². The smallest absolute Gasteiger partial charge is 0.325 e. The van der Waals surface area contributed by atoms with Crippen LogP contribution in [0.1, 0.15) is 18.4 Å². The van der Waals surface area contributed by atoms with Crippen LogP contribution in [0.25, 0.3) is 0 Å². The molecule has 1 aliphatic heterocycles. The van der Waals surface area contributed by atoms with E-state index in [2.05, 4.69) is 10.6 Å².